The maximum Gasteiger partial charge on any atom is 0.0353 e. The van der Waals surface area contributed by atoms with Gasteiger partial charge in [-0.2, -0.15) is 0 Å². The van der Waals surface area contributed by atoms with E-state index in [9.17, 15) is 0 Å². The van der Waals surface area contributed by atoms with E-state index in [0.717, 1.165) is 0 Å². The molecule has 0 bridgehead atoms. The molecule has 1 radical (unpaired) electrons. The van der Waals surface area contributed by atoms with Crippen molar-refractivity contribution < 1.29 is 0 Å². The molecule has 0 aromatic heterocycles. The van der Waals surface area contributed by atoms with Crippen LogP contribution in [0.5, 0.6) is 0 Å². The van der Waals surface area contributed by atoms with Gasteiger partial charge in [0.25, 0.3) is 0 Å². The van der Waals surface area contributed by atoms with Crippen molar-refractivity contribution in [1.82, 2.24) is 5.32 Å². The molecule has 0 N–H and O–H groups in total. The van der Waals surface area contributed by atoms with Crippen molar-refractivity contribution >= 4 is 11.1 Å². The molecular weight excluding hydrogens is 206 g/mol. The minimum Gasteiger partial charge on any atom is -0.263 e. The molecule has 1 nitrogen and oxygen atoms in total. The minimum atomic E-state index is 1.19. The molecular formula is C16H12N. The highest BCUT2D eigenvalue weighted by molar-refractivity contribution is 6.06. The first kappa shape index (κ1) is 9.91. The second-order valence-electron chi connectivity index (χ2n) is 3.97. The van der Waals surface area contributed by atoms with E-state index in [-0.39, 0.29) is 0 Å². The van der Waals surface area contributed by atoms with Gasteiger partial charge < -0.3 is 0 Å². The summed E-state index contributed by atoms with van der Waals surface area (Å²) in [6.45, 7) is 0. The molecule has 0 amide bonds. The van der Waals surface area contributed by atoms with E-state index in [1.54, 1.807) is 0 Å². The molecule has 0 spiro atoms. The number of hydrogen-bond acceptors (Lipinski definition) is 0. The molecule has 0 fully saturated rings. The van der Waals surface area contributed by atoms with Gasteiger partial charge in [-0.3, -0.25) is 5.32 Å². The maximum atomic E-state index is 4.27. The highest BCUT2D eigenvalue weighted by Crippen LogP contribution is 2.33. The fourth-order valence-corrected chi connectivity index (χ4v) is 2.02. The van der Waals surface area contributed by atoms with E-state index in [2.05, 4.69) is 53.8 Å². The van der Waals surface area contributed by atoms with Gasteiger partial charge in [0.1, 0.15) is 0 Å². The summed E-state index contributed by atoms with van der Waals surface area (Å²) in [6, 6.07) is 20.7. The van der Waals surface area contributed by atoms with Crippen molar-refractivity contribution in [1.29, 1.82) is 0 Å². The second kappa shape index (κ2) is 4.30. The average Bonchev–Trinajstić information content (AvgIpc) is 2.90. The molecule has 0 saturated heterocycles. The van der Waals surface area contributed by atoms with E-state index in [4.69, 9.17) is 0 Å². The molecule has 0 atom stereocenters. The Morgan fingerprint density at radius 2 is 0.941 bits per heavy atom. The molecule has 0 saturated carbocycles. The van der Waals surface area contributed by atoms with Crippen molar-refractivity contribution in [3.05, 3.63) is 84.2 Å². The normalized spacial score (nSPS) is 13.9. The predicted octanol–water partition coefficient (Wildman–Crippen LogP) is 3.69. The number of benzene rings is 2. The zero-order valence-electron chi connectivity index (χ0n) is 9.38. The molecule has 17 heavy (non-hydrogen) atoms. The summed E-state index contributed by atoms with van der Waals surface area (Å²) < 4.78 is 0. The van der Waals surface area contributed by atoms with E-state index < -0.39 is 0 Å². The Morgan fingerprint density at radius 3 is 1.35 bits per heavy atom. The lowest BCUT2D eigenvalue weighted by Crippen LogP contribution is -1.86. The monoisotopic (exact) mass is 218 g/mol. The van der Waals surface area contributed by atoms with Crippen LogP contribution >= 0.6 is 0 Å². The second-order valence-corrected chi connectivity index (χ2v) is 3.97. The lowest BCUT2D eigenvalue weighted by Gasteiger charge is -2.07. The largest absolute Gasteiger partial charge is 0.263 e. The average molecular weight is 218 g/mol. The summed E-state index contributed by atoms with van der Waals surface area (Å²) in [5.74, 6) is 0. The standard InChI is InChI=1S/C16H12N/c1-3-7-13(8-4-1)15-11-17-12-16(15)14-9-5-2-6-10-14/h1-12H. The first-order chi connectivity index (χ1) is 8.45. The van der Waals surface area contributed by atoms with Crippen LogP contribution < -0.4 is 5.32 Å². The Balaban J connectivity index is 2.01. The van der Waals surface area contributed by atoms with Gasteiger partial charge in [-0.05, 0) is 11.1 Å². The summed E-state index contributed by atoms with van der Waals surface area (Å²) in [5.41, 5.74) is 4.81. The third kappa shape index (κ3) is 1.87. The first-order valence-electron chi connectivity index (χ1n) is 5.67. The Bertz CT molecular complexity index is 511. The van der Waals surface area contributed by atoms with Crippen LogP contribution in [0.1, 0.15) is 11.1 Å². The number of nitrogens with zero attached hydrogens (tertiary/aromatic N) is 1. The quantitative estimate of drug-likeness (QED) is 0.730. The highest BCUT2D eigenvalue weighted by atomic mass is 14.8. The van der Waals surface area contributed by atoms with Crippen LogP contribution in [0, 0.1) is 0 Å². The van der Waals surface area contributed by atoms with Crippen LogP contribution in [0.2, 0.25) is 0 Å². The lowest BCUT2D eigenvalue weighted by molar-refractivity contribution is 1.21. The first-order valence-corrected chi connectivity index (χ1v) is 5.67. The fraction of sp³-hybridized carbons (Fsp3) is 0. The van der Waals surface area contributed by atoms with Crippen molar-refractivity contribution in [2.45, 2.75) is 0 Å². The van der Waals surface area contributed by atoms with Crippen LogP contribution in [0.4, 0.5) is 0 Å². The molecule has 1 aliphatic rings. The van der Waals surface area contributed by atoms with Gasteiger partial charge in [-0.1, -0.05) is 60.7 Å². The van der Waals surface area contributed by atoms with E-state index >= 15 is 0 Å². The van der Waals surface area contributed by atoms with Crippen LogP contribution in [0.15, 0.2) is 73.1 Å². The Labute approximate surface area is 101 Å². The van der Waals surface area contributed by atoms with Crippen LogP contribution in [-0.4, -0.2) is 0 Å². The van der Waals surface area contributed by atoms with E-state index in [1.165, 1.54) is 22.3 Å². The van der Waals surface area contributed by atoms with Crippen molar-refractivity contribution in [2.75, 3.05) is 0 Å². The molecule has 3 rings (SSSR count). The molecule has 2 aromatic rings. The zero-order valence-corrected chi connectivity index (χ0v) is 9.38. The lowest BCUT2D eigenvalue weighted by atomic mass is 9.95. The SMILES string of the molecule is C1=C(c2ccccc2)C(c2ccccc2)=C[N]1. The molecule has 1 heterocycles. The topological polar surface area (TPSA) is 14.1 Å². The number of rotatable bonds is 2. The van der Waals surface area contributed by atoms with Gasteiger partial charge in [0.05, 0.1) is 0 Å². The molecule has 0 unspecified atom stereocenters. The van der Waals surface area contributed by atoms with E-state index in [0.29, 0.717) is 0 Å². The summed E-state index contributed by atoms with van der Waals surface area (Å²) in [5, 5.41) is 4.27. The third-order valence-electron chi connectivity index (χ3n) is 2.87. The van der Waals surface area contributed by atoms with Crippen LogP contribution in [0.3, 0.4) is 0 Å². The summed E-state index contributed by atoms with van der Waals surface area (Å²) >= 11 is 0. The molecule has 1 aliphatic heterocycles. The number of hydrogen-bond donors (Lipinski definition) is 0. The Hall–Kier alpha value is -2.28. The number of allylic oxidation sites excluding steroid dienone is 2. The van der Waals surface area contributed by atoms with Crippen molar-refractivity contribution in [2.24, 2.45) is 0 Å². The molecule has 0 aliphatic carbocycles. The van der Waals surface area contributed by atoms with Gasteiger partial charge in [-0.25, -0.2) is 0 Å². The Morgan fingerprint density at radius 1 is 0.529 bits per heavy atom. The maximum absolute atomic E-state index is 4.27. The van der Waals surface area contributed by atoms with Gasteiger partial charge in [0, 0.05) is 23.5 Å². The summed E-state index contributed by atoms with van der Waals surface area (Å²) in [7, 11) is 0. The van der Waals surface area contributed by atoms with Crippen molar-refractivity contribution in [3.8, 4) is 0 Å². The van der Waals surface area contributed by atoms with E-state index in [1.807, 2.05) is 24.5 Å². The summed E-state index contributed by atoms with van der Waals surface area (Å²) in [4.78, 5) is 0. The van der Waals surface area contributed by atoms with Gasteiger partial charge in [0.2, 0.25) is 0 Å². The third-order valence-corrected chi connectivity index (χ3v) is 2.87. The predicted molar refractivity (Wildman–Crippen MR) is 71.0 cm³/mol. The Kier molecular flexibility index (Phi) is 2.51. The zero-order chi connectivity index (χ0) is 11.5. The smallest absolute Gasteiger partial charge is 0.0353 e. The fourth-order valence-electron chi connectivity index (χ4n) is 2.02. The van der Waals surface area contributed by atoms with Crippen LogP contribution in [-0.2, 0) is 0 Å². The highest BCUT2D eigenvalue weighted by Gasteiger charge is 2.14. The molecule has 2 aromatic carbocycles. The molecule has 81 valence electrons. The van der Waals surface area contributed by atoms with Crippen LogP contribution in [0.25, 0.3) is 11.1 Å². The van der Waals surface area contributed by atoms with Gasteiger partial charge in [0.15, 0.2) is 0 Å². The van der Waals surface area contributed by atoms with Crippen molar-refractivity contribution in [3.63, 3.8) is 0 Å². The molecule has 1 heteroatoms. The minimum absolute atomic E-state index is 1.19. The van der Waals surface area contributed by atoms with Gasteiger partial charge in [-0.15, -0.1) is 0 Å². The van der Waals surface area contributed by atoms with Gasteiger partial charge >= 0.3 is 0 Å². The summed E-state index contributed by atoms with van der Waals surface area (Å²) in [6.07, 6.45) is 3.86.